The molecule has 0 spiro atoms. The third kappa shape index (κ3) is 2.37. The molecule has 0 aliphatic rings. The summed E-state index contributed by atoms with van der Waals surface area (Å²) in [6, 6.07) is 9.51. The number of nitrogens with one attached hydrogen (secondary N) is 1. The molecule has 0 unspecified atom stereocenters. The maximum absolute atomic E-state index is 5.96. The van der Waals surface area contributed by atoms with Gasteiger partial charge in [-0.25, -0.2) is 0 Å². The van der Waals surface area contributed by atoms with E-state index < -0.39 is 0 Å². The van der Waals surface area contributed by atoms with Gasteiger partial charge in [0.05, 0.1) is 7.11 Å². The molecule has 6 nitrogen and oxygen atoms in total. The summed E-state index contributed by atoms with van der Waals surface area (Å²) < 4.78 is 6.92. The van der Waals surface area contributed by atoms with E-state index in [0.29, 0.717) is 17.5 Å². The molecule has 0 fully saturated rings. The smallest absolute Gasteiger partial charge is 0.255 e. The molecule has 102 valence electrons. The Hall–Kier alpha value is -2.34. The highest BCUT2D eigenvalue weighted by atomic mass is 35.5. The van der Waals surface area contributed by atoms with Crippen LogP contribution in [0.25, 0.3) is 5.78 Å². The van der Waals surface area contributed by atoms with E-state index in [-0.39, 0.29) is 0 Å². The lowest BCUT2D eigenvalue weighted by Gasteiger charge is -2.11. The third-order valence-electron chi connectivity index (χ3n) is 2.87. The Labute approximate surface area is 120 Å². The number of methoxy groups -OCH3 is 1. The van der Waals surface area contributed by atoms with Crippen LogP contribution < -0.4 is 10.1 Å². The van der Waals surface area contributed by atoms with Crippen LogP contribution in [0.1, 0.15) is 5.56 Å². The molecule has 0 radical (unpaired) electrons. The Morgan fingerprint density at radius 3 is 3.05 bits per heavy atom. The van der Waals surface area contributed by atoms with Crippen molar-refractivity contribution in [1.82, 2.24) is 19.6 Å². The van der Waals surface area contributed by atoms with E-state index in [1.165, 1.54) is 6.33 Å². The first-order valence-corrected chi connectivity index (χ1v) is 6.38. The van der Waals surface area contributed by atoms with Crippen LogP contribution in [0, 0.1) is 0 Å². The molecular weight excluding hydrogens is 278 g/mol. The van der Waals surface area contributed by atoms with Gasteiger partial charge in [0.25, 0.3) is 5.78 Å². The average molecular weight is 290 g/mol. The van der Waals surface area contributed by atoms with Crippen LogP contribution in [0.3, 0.4) is 0 Å². The number of benzene rings is 1. The van der Waals surface area contributed by atoms with Crippen LogP contribution >= 0.6 is 11.6 Å². The van der Waals surface area contributed by atoms with E-state index in [4.69, 9.17) is 16.3 Å². The van der Waals surface area contributed by atoms with Gasteiger partial charge in [-0.2, -0.15) is 19.6 Å². The Kier molecular flexibility index (Phi) is 3.39. The SMILES string of the molecule is COc1ccccc1CNc1cc(Cl)nc2ncnn12. The number of fused-ring (bicyclic) bond motifs is 1. The number of anilines is 1. The first-order valence-electron chi connectivity index (χ1n) is 6.00. The van der Waals surface area contributed by atoms with E-state index >= 15 is 0 Å². The Morgan fingerprint density at radius 1 is 1.35 bits per heavy atom. The number of halogens is 1. The predicted molar refractivity (Wildman–Crippen MR) is 76.1 cm³/mol. The summed E-state index contributed by atoms with van der Waals surface area (Å²) in [6.07, 6.45) is 1.44. The summed E-state index contributed by atoms with van der Waals surface area (Å²) in [6.45, 7) is 0.583. The van der Waals surface area contributed by atoms with Gasteiger partial charge in [0, 0.05) is 18.2 Å². The number of rotatable bonds is 4. The van der Waals surface area contributed by atoms with Gasteiger partial charge in [-0.15, -0.1) is 0 Å². The largest absolute Gasteiger partial charge is 0.496 e. The van der Waals surface area contributed by atoms with Crippen LogP contribution in [-0.2, 0) is 6.54 Å². The van der Waals surface area contributed by atoms with Crippen molar-refractivity contribution in [3.05, 3.63) is 47.4 Å². The van der Waals surface area contributed by atoms with Crippen molar-refractivity contribution in [3.8, 4) is 5.75 Å². The van der Waals surface area contributed by atoms with Crippen LogP contribution in [0.2, 0.25) is 5.15 Å². The van der Waals surface area contributed by atoms with Gasteiger partial charge in [0.2, 0.25) is 0 Å². The van der Waals surface area contributed by atoms with E-state index in [0.717, 1.165) is 17.1 Å². The van der Waals surface area contributed by atoms with Gasteiger partial charge in [0.1, 0.15) is 23.0 Å². The van der Waals surface area contributed by atoms with Crippen LogP contribution in [0.4, 0.5) is 5.82 Å². The maximum Gasteiger partial charge on any atom is 0.255 e. The van der Waals surface area contributed by atoms with E-state index in [2.05, 4.69) is 20.4 Å². The van der Waals surface area contributed by atoms with Gasteiger partial charge in [0.15, 0.2) is 0 Å². The highest BCUT2D eigenvalue weighted by Crippen LogP contribution is 2.20. The highest BCUT2D eigenvalue weighted by molar-refractivity contribution is 6.29. The minimum Gasteiger partial charge on any atom is -0.496 e. The predicted octanol–water partition coefficient (Wildman–Crippen LogP) is 2.40. The molecule has 2 heterocycles. The monoisotopic (exact) mass is 289 g/mol. The van der Waals surface area contributed by atoms with Crippen molar-refractivity contribution in [3.63, 3.8) is 0 Å². The summed E-state index contributed by atoms with van der Waals surface area (Å²) in [7, 11) is 1.65. The minimum absolute atomic E-state index is 0.369. The van der Waals surface area contributed by atoms with Crippen LogP contribution in [-0.4, -0.2) is 26.7 Å². The fourth-order valence-electron chi connectivity index (χ4n) is 1.94. The standard InChI is InChI=1S/C13H12ClN5O/c1-20-10-5-3-2-4-9(10)7-15-12-6-11(14)18-13-16-8-17-19(12)13/h2-6,8,15H,7H2,1H3. The zero-order valence-corrected chi connectivity index (χ0v) is 11.5. The molecule has 0 saturated carbocycles. The lowest BCUT2D eigenvalue weighted by molar-refractivity contribution is 0.410. The molecule has 0 aliphatic carbocycles. The number of aromatic nitrogens is 4. The van der Waals surface area contributed by atoms with Crippen LogP contribution in [0.5, 0.6) is 5.75 Å². The van der Waals surface area contributed by atoms with Gasteiger partial charge in [-0.3, -0.25) is 0 Å². The number of ether oxygens (including phenoxy) is 1. The maximum atomic E-state index is 5.96. The molecule has 0 atom stereocenters. The minimum atomic E-state index is 0.369. The van der Waals surface area contributed by atoms with Crippen molar-refractivity contribution in [2.24, 2.45) is 0 Å². The Bertz CT molecular complexity index is 742. The van der Waals surface area contributed by atoms with Crippen molar-refractivity contribution < 1.29 is 4.74 Å². The molecule has 1 N–H and O–H groups in total. The summed E-state index contributed by atoms with van der Waals surface area (Å²) in [5.41, 5.74) is 1.04. The van der Waals surface area contributed by atoms with Gasteiger partial charge < -0.3 is 10.1 Å². The molecule has 2 aromatic heterocycles. The normalized spacial score (nSPS) is 10.7. The van der Waals surface area contributed by atoms with Crippen LogP contribution in [0.15, 0.2) is 36.7 Å². The second kappa shape index (κ2) is 5.34. The summed E-state index contributed by atoms with van der Waals surface area (Å²) in [5.74, 6) is 2.01. The lowest BCUT2D eigenvalue weighted by atomic mass is 10.2. The van der Waals surface area contributed by atoms with E-state index in [1.807, 2.05) is 24.3 Å². The Morgan fingerprint density at radius 2 is 2.20 bits per heavy atom. The number of para-hydroxylation sites is 1. The summed E-state index contributed by atoms with van der Waals surface area (Å²) >= 11 is 5.96. The van der Waals surface area contributed by atoms with Crippen molar-refractivity contribution in [2.75, 3.05) is 12.4 Å². The van der Waals surface area contributed by atoms with Crippen molar-refractivity contribution in [2.45, 2.75) is 6.54 Å². The first kappa shape index (κ1) is 12.7. The number of nitrogens with zero attached hydrogens (tertiary/aromatic N) is 4. The second-order valence-electron chi connectivity index (χ2n) is 4.10. The van der Waals surface area contributed by atoms with Gasteiger partial charge in [-0.1, -0.05) is 29.8 Å². The van der Waals surface area contributed by atoms with E-state index in [9.17, 15) is 0 Å². The molecule has 20 heavy (non-hydrogen) atoms. The molecule has 7 heteroatoms. The third-order valence-corrected chi connectivity index (χ3v) is 3.07. The zero-order valence-electron chi connectivity index (χ0n) is 10.7. The molecule has 1 aromatic carbocycles. The highest BCUT2D eigenvalue weighted by Gasteiger charge is 2.07. The average Bonchev–Trinajstić information content (AvgIpc) is 2.93. The number of hydrogen-bond acceptors (Lipinski definition) is 5. The molecule has 0 amide bonds. The van der Waals surface area contributed by atoms with Gasteiger partial charge >= 0.3 is 0 Å². The summed E-state index contributed by atoms with van der Waals surface area (Å²) in [5, 5.41) is 7.74. The zero-order chi connectivity index (χ0) is 13.9. The van der Waals surface area contributed by atoms with Crippen molar-refractivity contribution in [1.29, 1.82) is 0 Å². The second-order valence-corrected chi connectivity index (χ2v) is 4.49. The number of hydrogen-bond donors (Lipinski definition) is 1. The summed E-state index contributed by atoms with van der Waals surface area (Å²) in [4.78, 5) is 8.10. The van der Waals surface area contributed by atoms with E-state index in [1.54, 1.807) is 17.7 Å². The Balaban J connectivity index is 1.88. The molecule has 0 saturated heterocycles. The molecule has 0 bridgehead atoms. The molecule has 3 aromatic rings. The fraction of sp³-hybridized carbons (Fsp3) is 0.154. The molecular formula is C13H12ClN5O. The van der Waals surface area contributed by atoms with Crippen molar-refractivity contribution >= 4 is 23.2 Å². The molecule has 3 rings (SSSR count). The molecule has 0 aliphatic heterocycles. The quantitative estimate of drug-likeness (QED) is 0.747. The lowest BCUT2D eigenvalue weighted by Crippen LogP contribution is -2.07. The fourth-order valence-corrected chi connectivity index (χ4v) is 2.12. The first-order chi connectivity index (χ1) is 9.78. The topological polar surface area (TPSA) is 64.3 Å². The van der Waals surface area contributed by atoms with Gasteiger partial charge in [-0.05, 0) is 6.07 Å².